The lowest BCUT2D eigenvalue weighted by Gasteiger charge is -2.35. The molecule has 2 aromatic carbocycles. The summed E-state index contributed by atoms with van der Waals surface area (Å²) in [6.45, 7) is 3.09. The Morgan fingerprint density at radius 1 is 0.860 bits per heavy atom. The van der Waals surface area contributed by atoms with Gasteiger partial charge in [0.25, 0.3) is 5.95 Å². The predicted octanol–water partition coefficient (Wildman–Crippen LogP) is 8.70. The van der Waals surface area contributed by atoms with Gasteiger partial charge in [0, 0.05) is 38.3 Å². The van der Waals surface area contributed by atoms with E-state index in [9.17, 15) is 49.4 Å². The summed E-state index contributed by atoms with van der Waals surface area (Å²) in [6.07, 6.45) is -11.5. The third-order valence-electron chi connectivity index (χ3n) is 8.64. The zero-order chi connectivity index (χ0) is 36.3. The highest BCUT2D eigenvalue weighted by molar-refractivity contribution is 5.85. The molecule has 50 heavy (non-hydrogen) atoms. The van der Waals surface area contributed by atoms with Gasteiger partial charge in [-0.1, -0.05) is 12.0 Å². The highest BCUT2D eigenvalue weighted by Gasteiger charge is 2.38. The van der Waals surface area contributed by atoms with Crippen LogP contribution < -0.4 is 9.80 Å². The molecule has 1 aliphatic carbocycles. The molecule has 1 saturated carbocycles. The van der Waals surface area contributed by atoms with Crippen LogP contribution in [0.4, 0.5) is 51.1 Å². The van der Waals surface area contributed by atoms with Crippen molar-refractivity contribution in [3.05, 3.63) is 63.7 Å². The van der Waals surface area contributed by atoms with E-state index >= 15 is 0 Å². The Kier molecular flexibility index (Phi) is 13.1. The van der Waals surface area contributed by atoms with Crippen molar-refractivity contribution in [2.75, 3.05) is 22.9 Å². The van der Waals surface area contributed by atoms with Crippen LogP contribution in [-0.4, -0.2) is 44.4 Å². The molecule has 1 aromatic heterocycles. The number of carboxylic acid groups (broad SMARTS) is 1. The predicted molar refractivity (Wildman–Crippen MR) is 169 cm³/mol. The van der Waals surface area contributed by atoms with Crippen LogP contribution in [0.3, 0.4) is 0 Å². The Labute approximate surface area is 289 Å². The summed E-state index contributed by atoms with van der Waals surface area (Å²) in [7, 11) is 1.38. The highest BCUT2D eigenvalue weighted by atomic mass is 35.5. The second-order valence-electron chi connectivity index (χ2n) is 12.6. The molecule has 0 bridgehead atoms. The summed E-state index contributed by atoms with van der Waals surface area (Å²) in [5.41, 5.74) is -3.95. The molecular weight excluding hydrogens is 707 g/mol. The number of hydrogen-bond acceptors (Lipinski definition) is 6. The molecule has 0 amide bonds. The van der Waals surface area contributed by atoms with Gasteiger partial charge in [0.15, 0.2) is 0 Å². The van der Waals surface area contributed by atoms with Crippen molar-refractivity contribution in [1.29, 1.82) is 0 Å². The quantitative estimate of drug-likeness (QED) is 0.186. The Morgan fingerprint density at radius 3 is 1.92 bits per heavy atom. The third kappa shape index (κ3) is 10.6. The number of nitrogens with zero attached hydrogens (tertiary/aromatic N) is 6. The first-order chi connectivity index (χ1) is 22.7. The average molecular weight is 745 g/mol. The molecule has 3 aromatic rings. The molecule has 0 radical (unpaired) electrons. The molecule has 0 unspecified atom stereocenters. The Hall–Kier alpha value is -3.76. The van der Waals surface area contributed by atoms with Gasteiger partial charge in [-0.2, -0.15) is 44.3 Å². The van der Waals surface area contributed by atoms with Crippen molar-refractivity contribution in [1.82, 2.24) is 20.2 Å². The number of aryl methyl sites for hydroxylation is 2. The molecule has 0 atom stereocenters. The first-order valence-electron chi connectivity index (χ1n) is 15.7. The Morgan fingerprint density at radius 2 is 1.44 bits per heavy atom. The lowest BCUT2D eigenvalue weighted by Crippen LogP contribution is -2.34. The number of alkyl halides is 9. The normalized spacial score (nSPS) is 17.0. The van der Waals surface area contributed by atoms with E-state index in [0.29, 0.717) is 50.2 Å². The van der Waals surface area contributed by atoms with E-state index in [1.807, 2.05) is 11.8 Å². The molecule has 8 nitrogen and oxygen atoms in total. The first-order valence-corrected chi connectivity index (χ1v) is 15.7. The number of halogens is 10. The van der Waals surface area contributed by atoms with Gasteiger partial charge in [0.1, 0.15) is 0 Å². The summed E-state index contributed by atoms with van der Waals surface area (Å²) in [5.74, 6) is -0.926. The standard InChI is InChI=1S/C32H37F9N6O2.ClH/c1-4-9-46(16-21-7-5-20(6-8-21)13-28(48)49)27-10-19(2)26(32(39,40)41)14-23(27)18-47(29-42-44-45(3)43-29)17-22-11-24(30(33,34)35)15-25(12-22)31(36,37)38;/h10-12,14-15,20-21H,4-9,13,16-18H2,1-3H3,(H,48,49);1H. The average Bonchev–Trinajstić information content (AvgIpc) is 3.42. The van der Waals surface area contributed by atoms with E-state index in [4.69, 9.17) is 0 Å². The zero-order valence-corrected chi connectivity index (χ0v) is 28.3. The van der Waals surface area contributed by atoms with E-state index in [-0.39, 0.29) is 53.8 Å². The highest BCUT2D eigenvalue weighted by Crippen LogP contribution is 2.40. The van der Waals surface area contributed by atoms with Gasteiger partial charge >= 0.3 is 24.5 Å². The SMILES string of the molecule is CCCN(CC1CCC(CC(=O)O)CC1)c1cc(C)c(C(F)(F)F)cc1CN(Cc1cc(C(F)(F)F)cc(C(F)(F)F)c1)c1nnn(C)n1.Cl. The monoisotopic (exact) mass is 744 g/mol. The third-order valence-corrected chi connectivity index (χ3v) is 8.64. The molecule has 1 aliphatic rings. The topological polar surface area (TPSA) is 87.4 Å². The number of carbonyl (C=O) groups is 1. The minimum atomic E-state index is -5.11. The Bertz CT molecular complexity index is 1570. The molecule has 0 spiro atoms. The summed E-state index contributed by atoms with van der Waals surface area (Å²) >= 11 is 0. The van der Waals surface area contributed by atoms with Gasteiger partial charge in [-0.15, -0.1) is 17.5 Å². The fourth-order valence-corrected chi connectivity index (χ4v) is 6.36. The number of tetrazole rings is 1. The zero-order valence-electron chi connectivity index (χ0n) is 27.5. The van der Waals surface area contributed by atoms with Crippen LogP contribution in [0.15, 0.2) is 30.3 Å². The van der Waals surface area contributed by atoms with Gasteiger partial charge in [0.05, 0.1) is 23.7 Å². The largest absolute Gasteiger partial charge is 0.481 e. The fraction of sp³-hybridized carbons (Fsp3) is 0.562. The van der Waals surface area contributed by atoms with Crippen molar-refractivity contribution in [3.8, 4) is 0 Å². The van der Waals surface area contributed by atoms with Gasteiger partial charge < -0.3 is 14.9 Å². The van der Waals surface area contributed by atoms with Crippen molar-refractivity contribution >= 4 is 30.0 Å². The van der Waals surface area contributed by atoms with E-state index in [1.165, 1.54) is 24.9 Å². The van der Waals surface area contributed by atoms with E-state index < -0.39 is 59.8 Å². The molecule has 1 N–H and O–H groups in total. The van der Waals surface area contributed by atoms with Crippen molar-refractivity contribution in [2.45, 2.75) is 84.0 Å². The maximum atomic E-state index is 14.2. The van der Waals surface area contributed by atoms with E-state index in [1.54, 1.807) is 0 Å². The van der Waals surface area contributed by atoms with Gasteiger partial charge in [-0.05, 0) is 103 Å². The maximum absolute atomic E-state index is 14.2. The van der Waals surface area contributed by atoms with Crippen molar-refractivity contribution < 1.29 is 49.4 Å². The van der Waals surface area contributed by atoms with Crippen LogP contribution in [0, 0.1) is 18.8 Å². The second-order valence-corrected chi connectivity index (χ2v) is 12.6. The van der Waals surface area contributed by atoms with Crippen LogP contribution >= 0.6 is 12.4 Å². The van der Waals surface area contributed by atoms with E-state index in [0.717, 1.165) is 23.7 Å². The number of rotatable bonds is 12. The van der Waals surface area contributed by atoms with Gasteiger partial charge in [-0.3, -0.25) is 4.79 Å². The van der Waals surface area contributed by atoms with Crippen LogP contribution in [-0.2, 0) is 43.5 Å². The number of carboxylic acids is 1. The molecule has 1 heterocycles. The minimum Gasteiger partial charge on any atom is -0.481 e. The van der Waals surface area contributed by atoms with Gasteiger partial charge in [-0.25, -0.2) is 0 Å². The fourth-order valence-electron chi connectivity index (χ4n) is 6.36. The molecule has 4 rings (SSSR count). The van der Waals surface area contributed by atoms with Crippen molar-refractivity contribution in [3.63, 3.8) is 0 Å². The second kappa shape index (κ2) is 16.1. The molecule has 1 fully saturated rings. The summed E-state index contributed by atoms with van der Waals surface area (Å²) in [5, 5.41) is 20.8. The molecule has 18 heteroatoms. The lowest BCUT2D eigenvalue weighted by molar-refractivity contribution is -0.143. The smallest absolute Gasteiger partial charge is 0.416 e. The number of aliphatic carboxylic acids is 1. The summed E-state index contributed by atoms with van der Waals surface area (Å²) < 4.78 is 125. The van der Waals surface area contributed by atoms with Crippen LogP contribution in [0.5, 0.6) is 0 Å². The number of hydrogen-bond donors (Lipinski definition) is 1. The minimum absolute atomic E-state index is 0. The summed E-state index contributed by atoms with van der Waals surface area (Å²) in [6, 6.07) is 3.46. The number of aromatic nitrogens is 4. The Balaban J connectivity index is 0.00000676. The molecular formula is C32H38ClF9N6O2. The van der Waals surface area contributed by atoms with E-state index in [2.05, 4.69) is 15.4 Å². The number of benzene rings is 2. The molecule has 0 aliphatic heterocycles. The van der Waals surface area contributed by atoms with Crippen LogP contribution in [0.2, 0.25) is 0 Å². The molecule has 0 saturated heterocycles. The van der Waals surface area contributed by atoms with Crippen molar-refractivity contribution in [2.24, 2.45) is 18.9 Å². The molecule has 278 valence electrons. The van der Waals surface area contributed by atoms with Crippen LogP contribution in [0.25, 0.3) is 0 Å². The van der Waals surface area contributed by atoms with Gasteiger partial charge in [0.2, 0.25) is 0 Å². The van der Waals surface area contributed by atoms with Crippen LogP contribution in [0.1, 0.15) is 78.8 Å². The lowest BCUT2D eigenvalue weighted by atomic mass is 9.80. The maximum Gasteiger partial charge on any atom is 0.416 e. The number of anilines is 2. The summed E-state index contributed by atoms with van der Waals surface area (Å²) in [4.78, 5) is 15.3. The first kappa shape index (κ1) is 40.7.